The van der Waals surface area contributed by atoms with Gasteiger partial charge in [-0.15, -0.1) is 0 Å². The second-order valence-electron chi connectivity index (χ2n) is 4.49. The molecule has 0 saturated carbocycles. The molecule has 0 atom stereocenters. The SMILES string of the molecule is Nc1cccc(CCC(=O)OCCCOCC(F)(F)F)c1. The summed E-state index contributed by atoms with van der Waals surface area (Å²) in [7, 11) is 0. The number of benzene rings is 1. The average Bonchev–Trinajstić information content (AvgIpc) is 2.39. The molecule has 0 bridgehead atoms. The molecule has 0 amide bonds. The van der Waals surface area contributed by atoms with Gasteiger partial charge in [0.2, 0.25) is 0 Å². The van der Waals surface area contributed by atoms with Crippen molar-refractivity contribution in [3.05, 3.63) is 29.8 Å². The van der Waals surface area contributed by atoms with Crippen molar-refractivity contribution in [3.63, 3.8) is 0 Å². The Morgan fingerprint density at radius 1 is 1.24 bits per heavy atom. The number of rotatable bonds is 8. The first kappa shape index (κ1) is 17.3. The standard InChI is InChI=1S/C14H18F3NO3/c15-14(16,17)10-20-7-2-8-21-13(19)6-5-11-3-1-4-12(18)9-11/h1,3-4,9H,2,5-8,10,18H2. The molecular weight excluding hydrogens is 287 g/mol. The molecule has 0 aromatic heterocycles. The maximum absolute atomic E-state index is 11.8. The van der Waals surface area contributed by atoms with E-state index in [0.29, 0.717) is 12.1 Å². The monoisotopic (exact) mass is 305 g/mol. The number of anilines is 1. The number of nitrogens with two attached hydrogens (primary N) is 1. The lowest BCUT2D eigenvalue weighted by molar-refractivity contribution is -0.175. The number of ether oxygens (including phenoxy) is 2. The molecule has 0 spiro atoms. The highest BCUT2D eigenvalue weighted by atomic mass is 19.4. The Hall–Kier alpha value is -1.76. The van der Waals surface area contributed by atoms with Gasteiger partial charge in [0.05, 0.1) is 13.2 Å². The number of esters is 1. The van der Waals surface area contributed by atoms with E-state index in [1.54, 1.807) is 18.2 Å². The van der Waals surface area contributed by atoms with Crippen LogP contribution >= 0.6 is 0 Å². The topological polar surface area (TPSA) is 61.6 Å². The maximum Gasteiger partial charge on any atom is 0.411 e. The molecular formula is C14H18F3NO3. The third-order valence-corrected chi connectivity index (χ3v) is 2.53. The summed E-state index contributed by atoms with van der Waals surface area (Å²) in [6.45, 7) is -1.33. The van der Waals surface area contributed by atoms with Crippen molar-refractivity contribution in [2.75, 3.05) is 25.6 Å². The molecule has 0 aliphatic heterocycles. The first-order chi connectivity index (χ1) is 9.87. The predicted octanol–water partition coefficient (Wildman–Crippen LogP) is 2.71. The molecule has 0 fully saturated rings. The highest BCUT2D eigenvalue weighted by Gasteiger charge is 2.27. The van der Waals surface area contributed by atoms with Crippen molar-refractivity contribution in [2.24, 2.45) is 0 Å². The third kappa shape index (κ3) is 8.91. The van der Waals surface area contributed by atoms with Crippen LogP contribution in [0.25, 0.3) is 0 Å². The molecule has 7 heteroatoms. The quantitative estimate of drug-likeness (QED) is 0.456. The molecule has 2 N–H and O–H groups in total. The maximum atomic E-state index is 11.8. The lowest BCUT2D eigenvalue weighted by Crippen LogP contribution is -2.18. The zero-order chi connectivity index (χ0) is 15.7. The largest absolute Gasteiger partial charge is 0.466 e. The van der Waals surface area contributed by atoms with E-state index in [9.17, 15) is 18.0 Å². The van der Waals surface area contributed by atoms with Crippen LogP contribution in [0, 0.1) is 0 Å². The lowest BCUT2D eigenvalue weighted by Gasteiger charge is -2.08. The molecule has 21 heavy (non-hydrogen) atoms. The van der Waals surface area contributed by atoms with E-state index in [1.807, 2.05) is 6.07 Å². The Kier molecular flexibility index (Phi) is 7.01. The zero-order valence-electron chi connectivity index (χ0n) is 11.5. The van der Waals surface area contributed by atoms with E-state index in [1.165, 1.54) is 0 Å². The fourth-order valence-corrected chi connectivity index (χ4v) is 1.60. The minimum atomic E-state index is -4.33. The third-order valence-electron chi connectivity index (χ3n) is 2.53. The first-order valence-electron chi connectivity index (χ1n) is 6.51. The number of carbonyl (C=O) groups is 1. The van der Waals surface area contributed by atoms with Gasteiger partial charge in [-0.3, -0.25) is 4.79 Å². The van der Waals surface area contributed by atoms with Crippen LogP contribution in [-0.4, -0.2) is 32.0 Å². The smallest absolute Gasteiger partial charge is 0.411 e. The molecule has 0 saturated heterocycles. The number of aryl methyl sites for hydroxylation is 1. The Morgan fingerprint density at radius 2 is 2.00 bits per heavy atom. The van der Waals surface area contributed by atoms with Crippen molar-refractivity contribution in [2.45, 2.75) is 25.4 Å². The molecule has 0 heterocycles. The highest BCUT2D eigenvalue weighted by molar-refractivity contribution is 5.69. The Labute approximate surface area is 121 Å². The van der Waals surface area contributed by atoms with E-state index in [-0.39, 0.29) is 26.1 Å². The van der Waals surface area contributed by atoms with Crippen LogP contribution < -0.4 is 5.73 Å². The molecule has 0 aliphatic rings. The average molecular weight is 305 g/mol. The summed E-state index contributed by atoms with van der Waals surface area (Å²) in [5.41, 5.74) is 7.17. The number of alkyl halides is 3. The Balaban J connectivity index is 2.07. The van der Waals surface area contributed by atoms with Gasteiger partial charge in [0.1, 0.15) is 6.61 Å². The second-order valence-corrected chi connectivity index (χ2v) is 4.49. The lowest BCUT2D eigenvalue weighted by atomic mass is 10.1. The van der Waals surface area contributed by atoms with Crippen LogP contribution in [0.4, 0.5) is 18.9 Å². The van der Waals surface area contributed by atoms with Crippen molar-refractivity contribution in [3.8, 4) is 0 Å². The van der Waals surface area contributed by atoms with Gasteiger partial charge in [-0.25, -0.2) is 0 Å². The van der Waals surface area contributed by atoms with Gasteiger partial charge in [0.25, 0.3) is 0 Å². The van der Waals surface area contributed by atoms with Crippen molar-refractivity contribution in [1.29, 1.82) is 0 Å². The minimum absolute atomic E-state index is 0.0492. The van der Waals surface area contributed by atoms with E-state index in [0.717, 1.165) is 5.56 Å². The fraction of sp³-hybridized carbons (Fsp3) is 0.500. The molecule has 1 aromatic carbocycles. The minimum Gasteiger partial charge on any atom is -0.466 e. The summed E-state index contributed by atoms with van der Waals surface area (Å²) in [5.74, 6) is -0.395. The molecule has 4 nitrogen and oxygen atoms in total. The molecule has 1 rings (SSSR count). The van der Waals surface area contributed by atoms with E-state index < -0.39 is 18.8 Å². The molecule has 118 valence electrons. The zero-order valence-corrected chi connectivity index (χ0v) is 11.5. The number of hydrogen-bond donors (Lipinski definition) is 1. The van der Waals surface area contributed by atoms with Gasteiger partial charge in [-0.05, 0) is 24.1 Å². The summed E-state index contributed by atoms with van der Waals surface area (Å²) in [6, 6.07) is 7.18. The number of carbonyl (C=O) groups excluding carboxylic acids is 1. The first-order valence-corrected chi connectivity index (χ1v) is 6.51. The van der Waals surface area contributed by atoms with Gasteiger partial charge >= 0.3 is 12.1 Å². The van der Waals surface area contributed by atoms with E-state index >= 15 is 0 Å². The number of hydrogen-bond acceptors (Lipinski definition) is 4. The van der Waals surface area contributed by atoms with Crippen LogP contribution in [0.15, 0.2) is 24.3 Å². The van der Waals surface area contributed by atoms with Crippen molar-refractivity contribution in [1.82, 2.24) is 0 Å². The van der Waals surface area contributed by atoms with Crippen LogP contribution in [0.5, 0.6) is 0 Å². The van der Waals surface area contributed by atoms with Gasteiger partial charge in [-0.1, -0.05) is 12.1 Å². The van der Waals surface area contributed by atoms with Gasteiger partial charge < -0.3 is 15.2 Å². The Bertz CT molecular complexity index is 449. The van der Waals surface area contributed by atoms with Gasteiger partial charge in [0, 0.05) is 18.5 Å². The second kappa shape index (κ2) is 8.51. The van der Waals surface area contributed by atoms with E-state index in [4.69, 9.17) is 10.5 Å². The Morgan fingerprint density at radius 3 is 2.67 bits per heavy atom. The molecule has 0 aliphatic carbocycles. The normalized spacial score (nSPS) is 11.4. The summed E-state index contributed by atoms with van der Waals surface area (Å²) in [6.07, 6.45) is -3.38. The summed E-state index contributed by atoms with van der Waals surface area (Å²) in [4.78, 5) is 11.4. The fourth-order valence-electron chi connectivity index (χ4n) is 1.60. The highest BCUT2D eigenvalue weighted by Crippen LogP contribution is 2.14. The number of halogens is 3. The van der Waals surface area contributed by atoms with Crippen LogP contribution in [0.2, 0.25) is 0 Å². The summed E-state index contributed by atoms with van der Waals surface area (Å²) >= 11 is 0. The predicted molar refractivity (Wildman–Crippen MR) is 71.6 cm³/mol. The molecule has 0 radical (unpaired) electrons. The molecule has 0 unspecified atom stereocenters. The number of nitrogen functional groups attached to an aromatic ring is 1. The van der Waals surface area contributed by atoms with Crippen LogP contribution in [0.1, 0.15) is 18.4 Å². The van der Waals surface area contributed by atoms with Crippen LogP contribution in [-0.2, 0) is 20.7 Å². The van der Waals surface area contributed by atoms with Gasteiger partial charge in [-0.2, -0.15) is 13.2 Å². The van der Waals surface area contributed by atoms with Crippen molar-refractivity contribution < 1.29 is 27.4 Å². The van der Waals surface area contributed by atoms with E-state index in [2.05, 4.69) is 4.74 Å². The molecule has 1 aromatic rings. The van der Waals surface area contributed by atoms with Crippen LogP contribution in [0.3, 0.4) is 0 Å². The van der Waals surface area contributed by atoms with Gasteiger partial charge in [0.15, 0.2) is 0 Å². The summed E-state index contributed by atoms with van der Waals surface area (Å²) in [5, 5.41) is 0. The summed E-state index contributed by atoms with van der Waals surface area (Å²) < 4.78 is 44.6. The van der Waals surface area contributed by atoms with Crippen molar-refractivity contribution >= 4 is 11.7 Å².